The highest BCUT2D eigenvalue weighted by atomic mass is 32.2. The van der Waals surface area contributed by atoms with Gasteiger partial charge in [-0.05, 0) is 44.1 Å². The lowest BCUT2D eigenvalue weighted by Crippen LogP contribution is -2.42. The fourth-order valence-corrected chi connectivity index (χ4v) is 3.42. The second-order valence-electron chi connectivity index (χ2n) is 4.67. The van der Waals surface area contributed by atoms with E-state index in [1.165, 1.54) is 6.07 Å². The van der Waals surface area contributed by atoms with Gasteiger partial charge in [0.15, 0.2) is 0 Å². The number of halogens is 3. The van der Waals surface area contributed by atoms with Crippen LogP contribution < -0.4 is 10.0 Å². The van der Waals surface area contributed by atoms with Gasteiger partial charge in [0.25, 0.3) is 0 Å². The van der Waals surface area contributed by atoms with Gasteiger partial charge in [0.1, 0.15) is 0 Å². The van der Waals surface area contributed by atoms with E-state index in [0.29, 0.717) is 32.0 Å². The number of hydrogen-bond acceptors (Lipinski definition) is 3. The third-order valence-electron chi connectivity index (χ3n) is 3.13. The first-order chi connectivity index (χ1) is 9.29. The maximum absolute atomic E-state index is 12.6. The highest BCUT2D eigenvalue weighted by molar-refractivity contribution is 7.89. The highest BCUT2D eigenvalue weighted by Crippen LogP contribution is 2.30. The summed E-state index contributed by atoms with van der Waals surface area (Å²) in [5.41, 5.74) is -0.967. The maximum atomic E-state index is 12.6. The molecule has 0 aliphatic carbocycles. The van der Waals surface area contributed by atoms with Crippen molar-refractivity contribution in [2.75, 3.05) is 13.1 Å². The van der Waals surface area contributed by atoms with Gasteiger partial charge >= 0.3 is 6.18 Å². The Morgan fingerprint density at radius 1 is 1.20 bits per heavy atom. The molecule has 4 nitrogen and oxygen atoms in total. The van der Waals surface area contributed by atoms with Gasteiger partial charge in [0.2, 0.25) is 10.0 Å². The number of sulfonamides is 1. The zero-order valence-corrected chi connectivity index (χ0v) is 11.4. The molecule has 1 aliphatic heterocycles. The van der Waals surface area contributed by atoms with Crippen molar-refractivity contribution in [3.8, 4) is 0 Å². The third-order valence-corrected chi connectivity index (χ3v) is 4.65. The number of rotatable bonds is 3. The standard InChI is InChI=1S/C12H15F3N2O2S/c13-12(14,15)9-2-1-3-11(8-9)20(18,19)17-10-4-6-16-7-5-10/h1-3,8,10,16-17H,4-7H2. The van der Waals surface area contributed by atoms with Crippen LogP contribution in [0.1, 0.15) is 18.4 Å². The monoisotopic (exact) mass is 308 g/mol. The van der Waals surface area contributed by atoms with E-state index in [-0.39, 0.29) is 10.9 Å². The number of benzene rings is 1. The van der Waals surface area contributed by atoms with E-state index in [4.69, 9.17) is 0 Å². The van der Waals surface area contributed by atoms with Crippen molar-refractivity contribution in [3.05, 3.63) is 29.8 Å². The molecule has 1 heterocycles. The number of alkyl halides is 3. The molecular formula is C12H15F3N2O2S. The summed E-state index contributed by atoms with van der Waals surface area (Å²) >= 11 is 0. The molecule has 0 spiro atoms. The van der Waals surface area contributed by atoms with Crippen molar-refractivity contribution >= 4 is 10.0 Å². The number of piperidine rings is 1. The van der Waals surface area contributed by atoms with Crippen LogP contribution in [0.15, 0.2) is 29.2 Å². The van der Waals surface area contributed by atoms with Crippen LogP contribution >= 0.6 is 0 Å². The summed E-state index contributed by atoms with van der Waals surface area (Å²) < 4.78 is 64.4. The third kappa shape index (κ3) is 3.71. The van der Waals surface area contributed by atoms with E-state index < -0.39 is 21.8 Å². The van der Waals surface area contributed by atoms with Crippen molar-refractivity contribution < 1.29 is 21.6 Å². The normalized spacial score (nSPS) is 18.1. The maximum Gasteiger partial charge on any atom is 0.416 e. The molecule has 0 unspecified atom stereocenters. The molecule has 2 rings (SSSR count). The Balaban J connectivity index is 2.20. The second-order valence-corrected chi connectivity index (χ2v) is 6.39. The molecule has 0 aromatic heterocycles. The van der Waals surface area contributed by atoms with Gasteiger partial charge in [0, 0.05) is 6.04 Å². The van der Waals surface area contributed by atoms with Gasteiger partial charge in [-0.1, -0.05) is 6.07 Å². The number of nitrogens with one attached hydrogen (secondary N) is 2. The van der Waals surface area contributed by atoms with E-state index in [0.717, 1.165) is 12.1 Å². The Morgan fingerprint density at radius 3 is 2.45 bits per heavy atom. The molecule has 20 heavy (non-hydrogen) atoms. The summed E-state index contributed by atoms with van der Waals surface area (Å²) in [5, 5.41) is 3.09. The molecule has 1 aromatic rings. The fourth-order valence-electron chi connectivity index (χ4n) is 2.07. The molecule has 1 fully saturated rings. The van der Waals surface area contributed by atoms with Crippen molar-refractivity contribution in [2.45, 2.75) is 30.0 Å². The average Bonchev–Trinajstić information content (AvgIpc) is 2.38. The largest absolute Gasteiger partial charge is 0.416 e. The lowest BCUT2D eigenvalue weighted by atomic mass is 10.1. The topological polar surface area (TPSA) is 58.2 Å². The molecule has 0 saturated carbocycles. The van der Waals surface area contributed by atoms with E-state index in [2.05, 4.69) is 10.0 Å². The first-order valence-corrected chi connectivity index (χ1v) is 7.68. The molecule has 0 radical (unpaired) electrons. The minimum atomic E-state index is -4.56. The first-order valence-electron chi connectivity index (χ1n) is 6.19. The van der Waals surface area contributed by atoms with Gasteiger partial charge in [-0.25, -0.2) is 13.1 Å². The molecule has 1 aromatic carbocycles. The van der Waals surface area contributed by atoms with E-state index in [1.54, 1.807) is 0 Å². The minimum Gasteiger partial charge on any atom is -0.317 e. The first kappa shape index (κ1) is 15.3. The highest BCUT2D eigenvalue weighted by Gasteiger charge is 2.32. The predicted molar refractivity (Wildman–Crippen MR) is 67.7 cm³/mol. The fraction of sp³-hybridized carbons (Fsp3) is 0.500. The van der Waals surface area contributed by atoms with Crippen LogP contribution in [-0.2, 0) is 16.2 Å². The van der Waals surface area contributed by atoms with E-state index in [1.807, 2.05) is 0 Å². The second kappa shape index (κ2) is 5.71. The molecule has 8 heteroatoms. The summed E-state index contributed by atoms with van der Waals surface area (Å²) in [5.74, 6) is 0. The van der Waals surface area contributed by atoms with Crippen LogP contribution in [0.2, 0.25) is 0 Å². The van der Waals surface area contributed by atoms with E-state index >= 15 is 0 Å². The van der Waals surface area contributed by atoms with Crippen LogP contribution in [0, 0.1) is 0 Å². The lowest BCUT2D eigenvalue weighted by Gasteiger charge is -2.23. The van der Waals surface area contributed by atoms with Crippen LogP contribution in [0.25, 0.3) is 0 Å². The van der Waals surface area contributed by atoms with Crippen LogP contribution in [0.5, 0.6) is 0 Å². The van der Waals surface area contributed by atoms with Gasteiger partial charge in [-0.15, -0.1) is 0 Å². The Labute approximate surface area is 115 Å². The predicted octanol–water partition coefficient (Wildman–Crippen LogP) is 1.74. The van der Waals surface area contributed by atoms with Crippen molar-refractivity contribution in [1.82, 2.24) is 10.0 Å². The smallest absolute Gasteiger partial charge is 0.317 e. The van der Waals surface area contributed by atoms with Gasteiger partial charge in [0.05, 0.1) is 10.5 Å². The van der Waals surface area contributed by atoms with Crippen LogP contribution in [0.4, 0.5) is 13.2 Å². The summed E-state index contributed by atoms with van der Waals surface area (Å²) in [7, 11) is -3.92. The minimum absolute atomic E-state index is 0.240. The Kier molecular flexibility index (Phi) is 4.36. The molecular weight excluding hydrogens is 293 g/mol. The van der Waals surface area contributed by atoms with Crippen molar-refractivity contribution in [3.63, 3.8) is 0 Å². The molecule has 1 aliphatic rings. The van der Waals surface area contributed by atoms with Crippen LogP contribution in [0.3, 0.4) is 0 Å². The summed E-state index contributed by atoms with van der Waals surface area (Å²) in [6.07, 6.45) is -3.31. The zero-order valence-electron chi connectivity index (χ0n) is 10.6. The van der Waals surface area contributed by atoms with Gasteiger partial charge < -0.3 is 5.32 Å². The quantitative estimate of drug-likeness (QED) is 0.894. The van der Waals surface area contributed by atoms with Crippen molar-refractivity contribution in [2.24, 2.45) is 0 Å². The SMILES string of the molecule is O=S(=O)(NC1CCNCC1)c1cccc(C(F)(F)F)c1. The summed E-state index contributed by atoms with van der Waals surface area (Å²) in [6, 6.07) is 3.53. The average molecular weight is 308 g/mol. The lowest BCUT2D eigenvalue weighted by molar-refractivity contribution is -0.137. The number of hydrogen-bond donors (Lipinski definition) is 2. The molecule has 112 valence electrons. The zero-order chi connectivity index (χ0) is 14.8. The molecule has 0 atom stereocenters. The summed E-state index contributed by atoms with van der Waals surface area (Å²) in [4.78, 5) is -0.356. The molecule has 1 saturated heterocycles. The Bertz CT molecular complexity index is 566. The van der Waals surface area contributed by atoms with Crippen molar-refractivity contribution in [1.29, 1.82) is 0 Å². The molecule has 0 bridgehead atoms. The summed E-state index contributed by atoms with van der Waals surface area (Å²) in [6.45, 7) is 1.38. The van der Waals surface area contributed by atoms with Gasteiger partial charge in [-0.3, -0.25) is 0 Å². The molecule has 0 amide bonds. The molecule has 2 N–H and O–H groups in total. The van der Waals surface area contributed by atoms with Crippen LogP contribution in [-0.4, -0.2) is 27.5 Å². The van der Waals surface area contributed by atoms with E-state index in [9.17, 15) is 21.6 Å². The van der Waals surface area contributed by atoms with Gasteiger partial charge in [-0.2, -0.15) is 13.2 Å². The Hall–Kier alpha value is -1.12. The Morgan fingerprint density at radius 2 is 1.85 bits per heavy atom.